The van der Waals surface area contributed by atoms with Crippen LogP contribution >= 0.6 is 7.82 Å². The first kappa shape index (κ1) is 50.5. The van der Waals surface area contributed by atoms with E-state index >= 15 is 0 Å². The molecule has 0 aliphatic carbocycles. The number of ether oxygens (including phenoxy) is 2. The fourth-order valence-corrected chi connectivity index (χ4v) is 6.38. The Balaban J connectivity index is 4.38. The lowest BCUT2D eigenvalue weighted by Gasteiger charge is -2.24. The van der Waals surface area contributed by atoms with E-state index in [2.05, 4.69) is 38.2 Å². The molecule has 306 valence electrons. The molecule has 0 aliphatic rings. The number of unbranched alkanes of at least 4 members (excludes halogenated alkanes) is 20. The van der Waals surface area contributed by atoms with Crippen molar-refractivity contribution in [1.82, 2.24) is 0 Å². The Kier molecular flexibility index (Phi) is 34.2. The van der Waals surface area contributed by atoms with Gasteiger partial charge in [-0.25, -0.2) is 4.57 Å². The number of esters is 2. The minimum Gasteiger partial charge on any atom is -0.462 e. The SMILES string of the molecule is CCC/C=C\C/C=C\CCCCCCCC(=O)OC(COC(=O)CCCCCCCCCCCCCCCCC)COP(=O)(O)OCC[N+](C)(C)C. The van der Waals surface area contributed by atoms with Crippen molar-refractivity contribution in [3.05, 3.63) is 24.3 Å². The average Bonchev–Trinajstić information content (AvgIpc) is 3.09. The number of carbonyl (C=O) groups excluding carboxylic acids is 2. The van der Waals surface area contributed by atoms with E-state index in [-0.39, 0.29) is 32.0 Å². The Hall–Kier alpha value is -1.51. The van der Waals surface area contributed by atoms with Crippen LogP contribution in [0.25, 0.3) is 0 Å². The molecule has 2 atom stereocenters. The Morgan fingerprint density at radius 3 is 1.60 bits per heavy atom. The summed E-state index contributed by atoms with van der Waals surface area (Å²) in [5.41, 5.74) is 0. The predicted molar refractivity (Wildman–Crippen MR) is 215 cm³/mol. The lowest BCUT2D eigenvalue weighted by molar-refractivity contribution is -0.870. The highest BCUT2D eigenvalue weighted by atomic mass is 31.2. The first-order chi connectivity index (χ1) is 25.0. The number of phosphoric acid groups is 1. The summed E-state index contributed by atoms with van der Waals surface area (Å²) in [6.45, 7) is 4.35. The van der Waals surface area contributed by atoms with Gasteiger partial charge in [-0.1, -0.05) is 154 Å². The summed E-state index contributed by atoms with van der Waals surface area (Å²) in [6, 6.07) is 0. The molecule has 0 saturated carbocycles. The van der Waals surface area contributed by atoms with Crippen LogP contribution in [0.3, 0.4) is 0 Å². The van der Waals surface area contributed by atoms with Crippen molar-refractivity contribution in [2.24, 2.45) is 0 Å². The zero-order valence-corrected chi connectivity index (χ0v) is 35.2. The largest absolute Gasteiger partial charge is 0.472 e. The molecule has 0 aliphatic heterocycles. The van der Waals surface area contributed by atoms with Crippen LogP contribution in [0.4, 0.5) is 0 Å². The molecule has 0 aromatic carbocycles. The van der Waals surface area contributed by atoms with Crippen LogP contribution in [0.2, 0.25) is 0 Å². The molecule has 0 saturated heterocycles. The van der Waals surface area contributed by atoms with E-state index in [0.717, 1.165) is 64.2 Å². The van der Waals surface area contributed by atoms with Gasteiger partial charge in [0.1, 0.15) is 19.8 Å². The predicted octanol–water partition coefficient (Wildman–Crippen LogP) is 11.6. The van der Waals surface area contributed by atoms with E-state index in [9.17, 15) is 19.0 Å². The van der Waals surface area contributed by atoms with Crippen molar-refractivity contribution in [3.63, 3.8) is 0 Å². The third kappa shape index (κ3) is 38.2. The maximum absolute atomic E-state index is 12.6. The Morgan fingerprint density at radius 2 is 1.08 bits per heavy atom. The second-order valence-corrected chi connectivity index (χ2v) is 16.8. The third-order valence-electron chi connectivity index (χ3n) is 8.97. The van der Waals surface area contributed by atoms with E-state index in [1.54, 1.807) is 0 Å². The summed E-state index contributed by atoms with van der Waals surface area (Å²) in [6.07, 6.45) is 36.5. The Bertz CT molecular complexity index is 949. The van der Waals surface area contributed by atoms with Crippen LogP contribution in [0.5, 0.6) is 0 Å². The molecule has 0 spiro atoms. The van der Waals surface area contributed by atoms with Gasteiger partial charge < -0.3 is 18.9 Å². The van der Waals surface area contributed by atoms with Crippen molar-refractivity contribution in [1.29, 1.82) is 0 Å². The van der Waals surface area contributed by atoms with Crippen LogP contribution in [0.1, 0.15) is 181 Å². The van der Waals surface area contributed by atoms with Crippen LogP contribution in [-0.4, -0.2) is 74.9 Å². The number of hydrogen-bond donors (Lipinski definition) is 1. The van der Waals surface area contributed by atoms with Crippen molar-refractivity contribution < 1.29 is 42.1 Å². The Morgan fingerprint density at radius 1 is 0.596 bits per heavy atom. The molecule has 9 nitrogen and oxygen atoms in total. The fraction of sp³-hybridized carbons (Fsp3) is 0.857. The molecule has 0 bridgehead atoms. The van der Waals surface area contributed by atoms with Gasteiger partial charge in [0.15, 0.2) is 6.10 Å². The van der Waals surface area contributed by atoms with E-state index in [0.29, 0.717) is 17.4 Å². The molecule has 0 heterocycles. The van der Waals surface area contributed by atoms with Crippen molar-refractivity contribution in [3.8, 4) is 0 Å². The van der Waals surface area contributed by atoms with Gasteiger partial charge in [0.05, 0.1) is 27.7 Å². The molecule has 0 rings (SSSR count). The molecule has 0 fully saturated rings. The number of hydrogen-bond acceptors (Lipinski definition) is 7. The lowest BCUT2D eigenvalue weighted by atomic mass is 10.0. The van der Waals surface area contributed by atoms with Gasteiger partial charge in [0, 0.05) is 12.8 Å². The number of phosphoric ester groups is 1. The standard InChI is InChI=1S/C42H80NO8P/c1-6-8-10-12-14-16-18-20-21-23-24-26-28-30-32-34-41(44)48-38-40(39-50-52(46,47)49-37-36-43(3,4)5)51-42(45)35-33-31-29-27-25-22-19-17-15-13-11-9-7-2/h11,13,17,19,40H,6-10,12,14-16,18,20-39H2,1-5H3/p+1/b13-11-,19-17-. The van der Waals surface area contributed by atoms with Crippen LogP contribution in [0.15, 0.2) is 24.3 Å². The summed E-state index contributed by atoms with van der Waals surface area (Å²) in [5, 5.41) is 0. The van der Waals surface area contributed by atoms with Crippen molar-refractivity contribution in [2.75, 3.05) is 47.5 Å². The highest BCUT2D eigenvalue weighted by molar-refractivity contribution is 7.47. The monoisotopic (exact) mass is 759 g/mol. The molecular weight excluding hydrogens is 677 g/mol. The summed E-state index contributed by atoms with van der Waals surface area (Å²) in [4.78, 5) is 35.3. The zero-order valence-electron chi connectivity index (χ0n) is 34.3. The minimum atomic E-state index is -4.37. The summed E-state index contributed by atoms with van der Waals surface area (Å²) >= 11 is 0. The normalized spacial score (nSPS) is 13.9. The van der Waals surface area contributed by atoms with Gasteiger partial charge in [-0.2, -0.15) is 0 Å². The second-order valence-electron chi connectivity index (χ2n) is 15.4. The molecule has 0 aromatic heterocycles. The van der Waals surface area contributed by atoms with Gasteiger partial charge in [-0.15, -0.1) is 0 Å². The third-order valence-corrected chi connectivity index (χ3v) is 9.95. The number of allylic oxidation sites excluding steroid dienone is 4. The maximum atomic E-state index is 12.6. The molecule has 10 heteroatoms. The van der Waals surface area contributed by atoms with Gasteiger partial charge in [-0.3, -0.25) is 18.6 Å². The Labute approximate surface area is 319 Å². The number of quaternary nitrogens is 1. The molecule has 52 heavy (non-hydrogen) atoms. The van der Waals surface area contributed by atoms with Gasteiger partial charge in [-0.05, 0) is 38.5 Å². The average molecular weight is 759 g/mol. The molecule has 0 aromatic rings. The van der Waals surface area contributed by atoms with E-state index in [1.807, 2.05) is 21.1 Å². The minimum absolute atomic E-state index is 0.0304. The van der Waals surface area contributed by atoms with Gasteiger partial charge in [0.25, 0.3) is 0 Å². The summed E-state index contributed by atoms with van der Waals surface area (Å²) in [5.74, 6) is -0.810. The van der Waals surface area contributed by atoms with E-state index in [1.165, 1.54) is 83.5 Å². The lowest BCUT2D eigenvalue weighted by Crippen LogP contribution is -2.37. The number of nitrogens with zero attached hydrogens (tertiary/aromatic N) is 1. The fourth-order valence-electron chi connectivity index (χ4n) is 5.64. The molecule has 0 radical (unpaired) electrons. The van der Waals surface area contributed by atoms with Crippen molar-refractivity contribution >= 4 is 19.8 Å². The van der Waals surface area contributed by atoms with E-state index in [4.69, 9.17) is 18.5 Å². The van der Waals surface area contributed by atoms with Crippen molar-refractivity contribution in [2.45, 2.75) is 187 Å². The van der Waals surface area contributed by atoms with E-state index < -0.39 is 26.5 Å². The van der Waals surface area contributed by atoms with Crippen LogP contribution in [-0.2, 0) is 32.7 Å². The highest BCUT2D eigenvalue weighted by Crippen LogP contribution is 2.43. The van der Waals surface area contributed by atoms with Crippen LogP contribution in [0, 0.1) is 0 Å². The first-order valence-electron chi connectivity index (χ1n) is 21.1. The maximum Gasteiger partial charge on any atom is 0.472 e. The molecule has 0 amide bonds. The number of carbonyl (C=O) groups is 2. The molecule has 1 N–H and O–H groups in total. The van der Waals surface area contributed by atoms with Gasteiger partial charge >= 0.3 is 19.8 Å². The quantitative estimate of drug-likeness (QED) is 0.0218. The smallest absolute Gasteiger partial charge is 0.462 e. The molecular formula is C42H81NO8P+. The second kappa shape index (κ2) is 35.2. The highest BCUT2D eigenvalue weighted by Gasteiger charge is 2.27. The van der Waals surface area contributed by atoms with Gasteiger partial charge in [0.2, 0.25) is 0 Å². The summed E-state index contributed by atoms with van der Waals surface area (Å²) in [7, 11) is 1.47. The van der Waals surface area contributed by atoms with Crippen LogP contribution < -0.4 is 0 Å². The zero-order chi connectivity index (χ0) is 38.6. The molecule has 2 unspecified atom stereocenters. The summed E-state index contributed by atoms with van der Waals surface area (Å²) < 4.78 is 34.2. The first-order valence-corrected chi connectivity index (χ1v) is 22.6. The number of rotatable bonds is 38. The number of likely N-dealkylation sites (N-methyl/N-ethyl adjacent to an activating group) is 1. The topological polar surface area (TPSA) is 108 Å².